The molecule has 142 valence electrons. The van der Waals surface area contributed by atoms with Crippen LogP contribution in [0, 0.1) is 5.82 Å². The van der Waals surface area contributed by atoms with Gasteiger partial charge >= 0.3 is 0 Å². The highest BCUT2D eigenvalue weighted by atomic mass is 32.2. The summed E-state index contributed by atoms with van der Waals surface area (Å²) in [5, 5.41) is 2.90. The van der Waals surface area contributed by atoms with Crippen molar-refractivity contribution in [2.24, 2.45) is 0 Å². The topological polar surface area (TPSA) is 49.4 Å². The monoisotopic (exact) mass is 386 g/mol. The number of hydrogen-bond acceptors (Lipinski definition) is 3. The van der Waals surface area contributed by atoms with Crippen molar-refractivity contribution in [2.45, 2.75) is 25.5 Å². The minimum absolute atomic E-state index is 0.109. The van der Waals surface area contributed by atoms with E-state index in [1.165, 1.54) is 6.07 Å². The van der Waals surface area contributed by atoms with E-state index < -0.39 is 0 Å². The summed E-state index contributed by atoms with van der Waals surface area (Å²) in [7, 11) is 0. The Bertz CT molecular complexity index is 841. The van der Waals surface area contributed by atoms with Crippen LogP contribution in [0.1, 0.15) is 34.8 Å². The summed E-state index contributed by atoms with van der Waals surface area (Å²) < 4.78 is 13.6. The van der Waals surface area contributed by atoms with Gasteiger partial charge in [-0.3, -0.25) is 9.59 Å². The molecular formula is C21H23FN2O2S. The number of carbonyl (C=O) groups is 2. The van der Waals surface area contributed by atoms with Crippen LogP contribution in [0.25, 0.3) is 0 Å². The van der Waals surface area contributed by atoms with Crippen LogP contribution in [0.5, 0.6) is 0 Å². The number of benzene rings is 2. The zero-order valence-electron chi connectivity index (χ0n) is 15.3. The number of carbonyl (C=O) groups excluding carboxylic acids is 2. The first-order chi connectivity index (χ1) is 13.1. The molecule has 6 heteroatoms. The zero-order chi connectivity index (χ0) is 19.2. The molecule has 0 atom stereocenters. The number of thioether (sulfide) groups is 1. The average Bonchev–Trinajstić information content (AvgIpc) is 3.11. The first-order valence-electron chi connectivity index (χ1n) is 9.12. The second kappa shape index (κ2) is 9.04. The molecule has 3 rings (SSSR count). The molecule has 0 aliphatic carbocycles. The Morgan fingerprint density at radius 3 is 2.81 bits per heavy atom. The van der Waals surface area contributed by atoms with Crippen molar-refractivity contribution in [1.29, 1.82) is 0 Å². The molecule has 0 bridgehead atoms. The molecule has 0 radical (unpaired) electrons. The van der Waals surface area contributed by atoms with Crippen LogP contribution in [0.4, 0.5) is 10.1 Å². The van der Waals surface area contributed by atoms with Crippen LogP contribution in [0.2, 0.25) is 0 Å². The van der Waals surface area contributed by atoms with Crippen LogP contribution < -0.4 is 10.2 Å². The van der Waals surface area contributed by atoms with Gasteiger partial charge in [0.05, 0.1) is 0 Å². The van der Waals surface area contributed by atoms with Crippen molar-refractivity contribution in [2.75, 3.05) is 23.7 Å². The summed E-state index contributed by atoms with van der Waals surface area (Å²) in [5.41, 5.74) is 3.24. The predicted molar refractivity (Wildman–Crippen MR) is 108 cm³/mol. The van der Waals surface area contributed by atoms with Crippen LogP contribution in [0.3, 0.4) is 0 Å². The minimum atomic E-state index is -0.192. The standard InChI is InChI=1S/C21H23FN2O2S/c1-2-20(25)24-11-9-15-13-16(7-8-19(15)24)21(26)23-10-12-27-14-17-5-3-4-6-18(17)22/h3-8,13H,2,9-12,14H2,1H3,(H,23,26). The SMILES string of the molecule is CCC(=O)N1CCc2cc(C(=O)NCCSCc3ccccc3F)ccc21. The number of hydrogen-bond donors (Lipinski definition) is 1. The van der Waals surface area contributed by atoms with Gasteiger partial charge in [-0.15, -0.1) is 0 Å². The van der Waals surface area contributed by atoms with Crippen LogP contribution in [-0.4, -0.2) is 30.7 Å². The second-order valence-electron chi connectivity index (χ2n) is 6.39. The molecule has 4 nitrogen and oxygen atoms in total. The van der Waals surface area contributed by atoms with Crippen molar-refractivity contribution in [3.63, 3.8) is 0 Å². The highest BCUT2D eigenvalue weighted by Crippen LogP contribution is 2.29. The lowest BCUT2D eigenvalue weighted by Crippen LogP contribution is -2.28. The molecule has 2 aromatic carbocycles. The molecule has 1 N–H and O–H groups in total. The van der Waals surface area contributed by atoms with Gasteiger partial charge in [-0.25, -0.2) is 4.39 Å². The maximum atomic E-state index is 13.6. The van der Waals surface area contributed by atoms with Gasteiger partial charge in [-0.1, -0.05) is 25.1 Å². The molecule has 0 spiro atoms. The quantitative estimate of drug-likeness (QED) is 0.737. The maximum absolute atomic E-state index is 13.6. The number of fused-ring (bicyclic) bond motifs is 1. The van der Waals surface area contributed by atoms with E-state index in [1.54, 1.807) is 34.9 Å². The Hall–Kier alpha value is -2.34. The van der Waals surface area contributed by atoms with Gasteiger partial charge in [0.25, 0.3) is 5.91 Å². The Balaban J connectivity index is 1.48. The molecule has 2 amide bonds. The summed E-state index contributed by atoms with van der Waals surface area (Å²) >= 11 is 1.58. The van der Waals surface area contributed by atoms with E-state index in [4.69, 9.17) is 0 Å². The van der Waals surface area contributed by atoms with Gasteiger partial charge in [0.1, 0.15) is 5.82 Å². The third-order valence-corrected chi connectivity index (χ3v) is 5.60. The lowest BCUT2D eigenvalue weighted by molar-refractivity contribution is -0.118. The van der Waals surface area contributed by atoms with E-state index >= 15 is 0 Å². The van der Waals surface area contributed by atoms with Crippen LogP contribution >= 0.6 is 11.8 Å². The predicted octanol–water partition coefficient (Wildman–Crippen LogP) is 3.79. The first kappa shape index (κ1) is 19.4. The highest BCUT2D eigenvalue weighted by Gasteiger charge is 2.24. The molecule has 0 saturated heterocycles. The van der Waals surface area contributed by atoms with Gasteiger partial charge in [0.15, 0.2) is 0 Å². The van der Waals surface area contributed by atoms with Gasteiger partial charge < -0.3 is 10.2 Å². The second-order valence-corrected chi connectivity index (χ2v) is 7.50. The molecule has 1 aliphatic rings. The summed E-state index contributed by atoms with van der Waals surface area (Å²) in [4.78, 5) is 26.1. The van der Waals surface area contributed by atoms with E-state index in [9.17, 15) is 14.0 Å². The smallest absolute Gasteiger partial charge is 0.251 e. The molecule has 0 aromatic heterocycles. The first-order valence-corrected chi connectivity index (χ1v) is 10.3. The molecule has 0 unspecified atom stereocenters. The molecule has 1 aliphatic heterocycles. The molecule has 0 saturated carbocycles. The van der Waals surface area contributed by atoms with Gasteiger partial charge in [0.2, 0.25) is 5.91 Å². The Kier molecular flexibility index (Phi) is 6.50. The Labute approximate surface area is 163 Å². The number of nitrogens with zero attached hydrogens (tertiary/aromatic N) is 1. The van der Waals surface area contributed by atoms with Gasteiger partial charge in [-0.2, -0.15) is 11.8 Å². The average molecular weight is 386 g/mol. The van der Waals surface area contributed by atoms with Crippen LogP contribution in [0.15, 0.2) is 42.5 Å². The molecular weight excluding hydrogens is 363 g/mol. The summed E-state index contributed by atoms with van der Waals surface area (Å²) in [6.07, 6.45) is 1.26. The van der Waals surface area contributed by atoms with E-state index in [2.05, 4.69) is 5.32 Å². The van der Waals surface area contributed by atoms with E-state index in [-0.39, 0.29) is 17.6 Å². The number of amides is 2. The van der Waals surface area contributed by atoms with Crippen molar-refractivity contribution in [3.05, 3.63) is 65.0 Å². The largest absolute Gasteiger partial charge is 0.351 e. The van der Waals surface area contributed by atoms with Crippen molar-refractivity contribution >= 4 is 29.3 Å². The molecule has 0 fully saturated rings. The van der Waals surface area contributed by atoms with Gasteiger partial charge in [0, 0.05) is 42.3 Å². The lowest BCUT2D eigenvalue weighted by atomic mass is 10.1. The minimum Gasteiger partial charge on any atom is -0.351 e. The fourth-order valence-corrected chi connectivity index (χ4v) is 3.97. The molecule has 2 aromatic rings. The fraction of sp³-hybridized carbons (Fsp3) is 0.333. The molecule has 1 heterocycles. The highest BCUT2D eigenvalue weighted by molar-refractivity contribution is 7.98. The van der Waals surface area contributed by atoms with Crippen molar-refractivity contribution in [3.8, 4) is 0 Å². The zero-order valence-corrected chi connectivity index (χ0v) is 16.2. The van der Waals surface area contributed by atoms with E-state index in [0.29, 0.717) is 42.1 Å². The Morgan fingerprint density at radius 2 is 2.04 bits per heavy atom. The normalized spacial score (nSPS) is 12.7. The Morgan fingerprint density at radius 1 is 1.22 bits per heavy atom. The summed E-state index contributed by atoms with van der Waals surface area (Å²) in [6, 6.07) is 12.2. The number of anilines is 1. The third-order valence-electron chi connectivity index (χ3n) is 4.59. The van der Waals surface area contributed by atoms with Crippen molar-refractivity contribution in [1.82, 2.24) is 5.32 Å². The van der Waals surface area contributed by atoms with Crippen molar-refractivity contribution < 1.29 is 14.0 Å². The van der Waals surface area contributed by atoms with E-state index in [1.807, 2.05) is 25.1 Å². The third kappa shape index (κ3) is 4.69. The maximum Gasteiger partial charge on any atom is 0.251 e. The van der Waals surface area contributed by atoms with Gasteiger partial charge in [-0.05, 0) is 41.8 Å². The summed E-state index contributed by atoms with van der Waals surface area (Å²) in [6.45, 7) is 3.06. The van der Waals surface area contributed by atoms with Crippen LogP contribution in [-0.2, 0) is 17.0 Å². The fourth-order valence-electron chi connectivity index (χ4n) is 3.13. The lowest BCUT2D eigenvalue weighted by Gasteiger charge is -2.16. The number of halogens is 1. The number of nitrogens with one attached hydrogen (secondary N) is 1. The molecule has 27 heavy (non-hydrogen) atoms. The number of rotatable bonds is 7. The van der Waals surface area contributed by atoms with E-state index in [0.717, 1.165) is 17.7 Å². The summed E-state index contributed by atoms with van der Waals surface area (Å²) in [5.74, 6) is 1.09.